The maximum absolute atomic E-state index is 11.5. The van der Waals surface area contributed by atoms with Gasteiger partial charge in [0, 0.05) is 18.6 Å². The van der Waals surface area contributed by atoms with E-state index in [1.54, 1.807) is 0 Å². The van der Waals surface area contributed by atoms with E-state index in [4.69, 9.17) is 9.47 Å². The van der Waals surface area contributed by atoms with Gasteiger partial charge in [-0.2, -0.15) is 0 Å². The smallest absolute Gasteiger partial charge is 0.331 e. The topological polar surface area (TPSA) is 52.6 Å². The van der Waals surface area contributed by atoms with Crippen molar-refractivity contribution < 1.29 is 19.1 Å². The van der Waals surface area contributed by atoms with Gasteiger partial charge in [0.05, 0.1) is 0 Å². The highest BCUT2D eigenvalue weighted by atomic mass is 16.6. The minimum absolute atomic E-state index is 0.202. The fourth-order valence-corrected chi connectivity index (χ4v) is 2.02. The highest BCUT2D eigenvalue weighted by molar-refractivity contribution is 5.83. The third-order valence-corrected chi connectivity index (χ3v) is 2.88. The van der Waals surface area contributed by atoms with Crippen molar-refractivity contribution in [3.05, 3.63) is 49.6 Å². The second-order valence-electron chi connectivity index (χ2n) is 4.47. The van der Waals surface area contributed by atoms with Crippen molar-refractivity contribution >= 4 is 11.9 Å². The van der Waals surface area contributed by atoms with E-state index in [9.17, 15) is 9.59 Å². The van der Waals surface area contributed by atoms with Crippen LogP contribution in [0, 0.1) is 0 Å². The third-order valence-electron chi connectivity index (χ3n) is 2.88. The van der Waals surface area contributed by atoms with E-state index >= 15 is 0 Å². The van der Waals surface area contributed by atoms with E-state index in [-0.39, 0.29) is 12.2 Å². The van der Waals surface area contributed by atoms with Gasteiger partial charge in [-0.25, -0.2) is 9.59 Å². The molecule has 0 bridgehead atoms. The Hall–Kier alpha value is -2.10. The lowest BCUT2D eigenvalue weighted by Gasteiger charge is -2.28. The summed E-state index contributed by atoms with van der Waals surface area (Å²) in [4.78, 5) is 22.9. The molecule has 1 aliphatic rings. The van der Waals surface area contributed by atoms with Gasteiger partial charge in [0.2, 0.25) is 0 Å². The van der Waals surface area contributed by atoms with Gasteiger partial charge < -0.3 is 9.47 Å². The fourth-order valence-electron chi connectivity index (χ4n) is 2.02. The molecule has 1 saturated carbocycles. The van der Waals surface area contributed by atoms with Crippen LogP contribution in [-0.2, 0) is 19.1 Å². The zero-order valence-corrected chi connectivity index (χ0v) is 11.5. The van der Waals surface area contributed by atoms with E-state index in [1.807, 2.05) is 0 Å². The quantitative estimate of drug-likeness (QED) is 0.425. The summed E-state index contributed by atoms with van der Waals surface area (Å²) in [6, 6.07) is 0. The molecule has 2 atom stereocenters. The number of allylic oxidation sites excluding steroid dienone is 4. The molecule has 20 heavy (non-hydrogen) atoms. The standard InChI is InChI=1S/C16H20O4/c1-3-5-10-15(17)19-13-8-7-9-14(12-13)20-16(18)11-6-4-2/h3-6,10-11,13-14H,1-2,7-9,12H2/b10-5+,11-6+. The summed E-state index contributed by atoms with van der Waals surface area (Å²) in [5.41, 5.74) is 0. The lowest BCUT2D eigenvalue weighted by Crippen LogP contribution is -2.30. The summed E-state index contributed by atoms with van der Waals surface area (Å²) in [5.74, 6) is -0.790. The molecule has 0 saturated heterocycles. The Balaban J connectivity index is 2.42. The average Bonchev–Trinajstić information content (AvgIpc) is 2.43. The van der Waals surface area contributed by atoms with Crippen molar-refractivity contribution in [1.29, 1.82) is 0 Å². The number of rotatable bonds is 6. The first kappa shape index (κ1) is 16.0. The molecule has 0 spiro atoms. The highest BCUT2D eigenvalue weighted by Gasteiger charge is 2.26. The molecular formula is C16H20O4. The van der Waals surface area contributed by atoms with Gasteiger partial charge in [-0.3, -0.25) is 0 Å². The van der Waals surface area contributed by atoms with Crippen LogP contribution in [-0.4, -0.2) is 24.1 Å². The van der Waals surface area contributed by atoms with E-state index in [1.165, 1.54) is 36.5 Å². The van der Waals surface area contributed by atoms with Crippen LogP contribution in [0.3, 0.4) is 0 Å². The van der Waals surface area contributed by atoms with Gasteiger partial charge >= 0.3 is 11.9 Å². The molecule has 0 N–H and O–H groups in total. The number of ether oxygens (including phenoxy) is 2. The van der Waals surface area contributed by atoms with Gasteiger partial charge in [0.1, 0.15) is 12.2 Å². The van der Waals surface area contributed by atoms with Crippen LogP contribution >= 0.6 is 0 Å². The SMILES string of the molecule is C=C/C=C/C(=O)OC1CCCC(OC(=O)/C=C/C=C)C1. The van der Waals surface area contributed by atoms with Crippen LogP contribution in [0.4, 0.5) is 0 Å². The van der Waals surface area contributed by atoms with Crippen molar-refractivity contribution in [2.45, 2.75) is 37.9 Å². The molecule has 0 heterocycles. The lowest BCUT2D eigenvalue weighted by atomic mass is 9.95. The van der Waals surface area contributed by atoms with Crippen LogP contribution in [0.25, 0.3) is 0 Å². The molecular weight excluding hydrogens is 256 g/mol. The van der Waals surface area contributed by atoms with Crippen LogP contribution in [0.2, 0.25) is 0 Å². The van der Waals surface area contributed by atoms with Gasteiger partial charge in [-0.1, -0.05) is 37.5 Å². The van der Waals surface area contributed by atoms with Gasteiger partial charge in [-0.15, -0.1) is 0 Å². The number of esters is 2. The summed E-state index contributed by atoms with van der Waals surface area (Å²) in [6.45, 7) is 6.97. The lowest BCUT2D eigenvalue weighted by molar-refractivity contribution is -0.152. The van der Waals surface area contributed by atoms with Gasteiger partial charge in [0.25, 0.3) is 0 Å². The zero-order chi connectivity index (χ0) is 14.8. The van der Waals surface area contributed by atoms with Crippen LogP contribution in [0.1, 0.15) is 25.7 Å². The van der Waals surface area contributed by atoms with E-state index in [0.717, 1.165) is 19.3 Å². The molecule has 1 fully saturated rings. The largest absolute Gasteiger partial charge is 0.459 e. The Morgan fingerprint density at radius 3 is 1.75 bits per heavy atom. The fraction of sp³-hybridized carbons (Fsp3) is 0.375. The molecule has 0 aromatic heterocycles. The first-order valence-electron chi connectivity index (χ1n) is 6.65. The summed E-state index contributed by atoms with van der Waals surface area (Å²) < 4.78 is 10.6. The normalized spacial score (nSPS) is 22.6. The summed E-state index contributed by atoms with van der Waals surface area (Å²) in [6.07, 6.45) is 11.3. The maximum Gasteiger partial charge on any atom is 0.331 e. The predicted molar refractivity (Wildman–Crippen MR) is 76.9 cm³/mol. The van der Waals surface area contributed by atoms with Crippen LogP contribution in [0.15, 0.2) is 49.6 Å². The predicted octanol–water partition coefficient (Wildman–Crippen LogP) is 2.87. The Kier molecular flexibility index (Phi) is 7.11. The van der Waals surface area contributed by atoms with E-state index in [0.29, 0.717) is 6.42 Å². The van der Waals surface area contributed by atoms with Crippen molar-refractivity contribution in [3.8, 4) is 0 Å². The monoisotopic (exact) mass is 276 g/mol. The van der Waals surface area contributed by atoms with Crippen molar-refractivity contribution in [2.75, 3.05) is 0 Å². The Labute approximate surface area is 119 Å². The molecule has 0 aromatic carbocycles. The number of carbonyl (C=O) groups excluding carboxylic acids is 2. The van der Waals surface area contributed by atoms with E-state index in [2.05, 4.69) is 13.2 Å². The minimum atomic E-state index is -0.395. The molecule has 1 rings (SSSR count). The molecule has 2 unspecified atom stereocenters. The molecule has 0 aromatic rings. The molecule has 0 radical (unpaired) electrons. The van der Waals surface area contributed by atoms with Crippen molar-refractivity contribution in [1.82, 2.24) is 0 Å². The molecule has 4 heteroatoms. The summed E-state index contributed by atoms with van der Waals surface area (Å²) >= 11 is 0. The highest BCUT2D eigenvalue weighted by Crippen LogP contribution is 2.24. The molecule has 0 aliphatic heterocycles. The second-order valence-corrected chi connectivity index (χ2v) is 4.47. The number of hydrogen-bond acceptors (Lipinski definition) is 4. The third kappa shape index (κ3) is 6.18. The summed E-state index contributed by atoms with van der Waals surface area (Å²) in [7, 11) is 0. The first-order valence-corrected chi connectivity index (χ1v) is 6.65. The minimum Gasteiger partial charge on any atom is -0.459 e. The zero-order valence-electron chi connectivity index (χ0n) is 11.5. The summed E-state index contributed by atoms with van der Waals surface area (Å²) in [5, 5.41) is 0. The first-order chi connectivity index (χ1) is 9.65. The Bertz CT molecular complexity index is 382. The van der Waals surface area contributed by atoms with Crippen molar-refractivity contribution in [2.24, 2.45) is 0 Å². The second kappa shape index (κ2) is 8.91. The average molecular weight is 276 g/mol. The molecule has 108 valence electrons. The molecule has 4 nitrogen and oxygen atoms in total. The van der Waals surface area contributed by atoms with Crippen molar-refractivity contribution in [3.63, 3.8) is 0 Å². The van der Waals surface area contributed by atoms with Crippen LogP contribution < -0.4 is 0 Å². The number of carbonyl (C=O) groups is 2. The number of hydrogen-bond donors (Lipinski definition) is 0. The van der Waals surface area contributed by atoms with Gasteiger partial charge in [0.15, 0.2) is 0 Å². The van der Waals surface area contributed by atoms with Crippen LogP contribution in [0.5, 0.6) is 0 Å². The van der Waals surface area contributed by atoms with Gasteiger partial charge in [-0.05, 0) is 19.3 Å². The molecule has 1 aliphatic carbocycles. The molecule has 0 amide bonds. The Morgan fingerprint density at radius 2 is 1.35 bits per heavy atom. The Morgan fingerprint density at radius 1 is 0.900 bits per heavy atom. The van der Waals surface area contributed by atoms with E-state index < -0.39 is 11.9 Å². The maximum atomic E-state index is 11.5.